The van der Waals surface area contributed by atoms with E-state index in [-0.39, 0.29) is 36.5 Å². The van der Waals surface area contributed by atoms with Crippen LogP contribution < -0.4 is 11.1 Å². The zero-order valence-corrected chi connectivity index (χ0v) is 11.2. The van der Waals surface area contributed by atoms with Crippen molar-refractivity contribution in [1.82, 2.24) is 25.5 Å². The lowest BCUT2D eigenvalue weighted by atomic mass is 9.67. The molecule has 2 aliphatic rings. The molecule has 2 fully saturated rings. The third kappa shape index (κ3) is 2.22. The number of hydrogen-bond acceptors (Lipinski definition) is 7. The fourth-order valence-electron chi connectivity index (χ4n) is 3.13. The van der Waals surface area contributed by atoms with E-state index in [1.807, 2.05) is 0 Å². The van der Waals surface area contributed by atoms with E-state index < -0.39 is 0 Å². The predicted molar refractivity (Wildman–Crippen MR) is 67.4 cm³/mol. The van der Waals surface area contributed by atoms with Crippen molar-refractivity contribution in [3.05, 3.63) is 0 Å². The van der Waals surface area contributed by atoms with Crippen LogP contribution in [0.2, 0.25) is 0 Å². The quantitative estimate of drug-likeness (QED) is 0.669. The Labute approximate surface area is 115 Å². The number of rotatable bonds is 5. The van der Waals surface area contributed by atoms with Crippen molar-refractivity contribution >= 4 is 11.9 Å². The summed E-state index contributed by atoms with van der Waals surface area (Å²) >= 11 is 0. The average molecular weight is 282 g/mol. The second-order valence-electron chi connectivity index (χ2n) is 5.20. The van der Waals surface area contributed by atoms with Crippen LogP contribution in [0.3, 0.4) is 0 Å². The lowest BCUT2D eigenvalue weighted by molar-refractivity contribution is -0.130. The van der Waals surface area contributed by atoms with Gasteiger partial charge >= 0.3 is 0 Å². The van der Waals surface area contributed by atoms with Gasteiger partial charge in [-0.2, -0.15) is 0 Å². The number of carbonyl (C=O) groups excluding carboxylic acids is 1. The smallest absolute Gasteiger partial charge is 0.242 e. The van der Waals surface area contributed by atoms with Gasteiger partial charge in [-0.15, -0.1) is 0 Å². The second kappa shape index (κ2) is 5.33. The number of amides is 1. The van der Waals surface area contributed by atoms with Crippen LogP contribution in [0.4, 0.5) is 5.95 Å². The maximum absolute atomic E-state index is 12.0. The molecule has 3 N–H and O–H groups in total. The largest absolute Gasteiger partial charge is 0.384 e. The molecule has 1 saturated carbocycles. The molecule has 0 spiro atoms. The maximum Gasteiger partial charge on any atom is 0.242 e. The summed E-state index contributed by atoms with van der Waals surface area (Å²) in [6, 6.07) is 0.0904. The van der Waals surface area contributed by atoms with Gasteiger partial charge in [-0.05, 0) is 16.8 Å². The number of ether oxygens (including phenoxy) is 2. The standard InChI is InChI=1S/C11H18N6O3/c1-19-5-7-9(6-2-3-20-10(6)7)13-8(18)4-17-11(12)14-15-16-17/h6-7,9-10H,2-5H2,1H3,(H,13,18)(H2,12,14,16)/t6-,7+,9+,10-/m1/s1. The first-order valence-corrected chi connectivity index (χ1v) is 6.62. The summed E-state index contributed by atoms with van der Waals surface area (Å²) in [4.78, 5) is 12.0. The lowest BCUT2D eigenvalue weighted by Gasteiger charge is -2.47. The number of tetrazole rings is 1. The minimum absolute atomic E-state index is 0.0211. The third-order valence-electron chi connectivity index (χ3n) is 4.07. The molecule has 1 aliphatic carbocycles. The van der Waals surface area contributed by atoms with E-state index in [0.717, 1.165) is 13.0 Å². The van der Waals surface area contributed by atoms with Gasteiger partial charge in [0, 0.05) is 31.6 Å². The highest BCUT2D eigenvalue weighted by molar-refractivity contribution is 5.76. The van der Waals surface area contributed by atoms with Crippen LogP contribution >= 0.6 is 0 Å². The summed E-state index contributed by atoms with van der Waals surface area (Å²) in [6.07, 6.45) is 1.18. The van der Waals surface area contributed by atoms with Crippen LogP contribution in [0.1, 0.15) is 6.42 Å². The van der Waals surface area contributed by atoms with Crippen molar-refractivity contribution in [2.45, 2.75) is 25.1 Å². The Kier molecular flexibility index (Phi) is 3.53. The van der Waals surface area contributed by atoms with Crippen LogP contribution in [-0.4, -0.2) is 58.6 Å². The Morgan fingerprint density at radius 1 is 1.65 bits per heavy atom. The van der Waals surface area contributed by atoms with Crippen LogP contribution in [0.15, 0.2) is 0 Å². The van der Waals surface area contributed by atoms with E-state index in [2.05, 4.69) is 20.8 Å². The first kappa shape index (κ1) is 13.3. The third-order valence-corrected chi connectivity index (χ3v) is 4.07. The highest BCUT2D eigenvalue weighted by atomic mass is 16.5. The van der Waals surface area contributed by atoms with Gasteiger partial charge in [0.05, 0.1) is 12.7 Å². The average Bonchev–Trinajstić information content (AvgIpc) is 3.01. The molecule has 3 rings (SSSR count). The topological polar surface area (TPSA) is 117 Å². The van der Waals surface area contributed by atoms with Gasteiger partial charge in [0.25, 0.3) is 0 Å². The van der Waals surface area contributed by atoms with Gasteiger partial charge in [-0.25, -0.2) is 4.68 Å². The SMILES string of the molecule is COC[C@H]1[C@@H](NC(=O)Cn2nnnc2N)[C@H]2CCO[C@H]21. The number of hydrogen-bond donors (Lipinski definition) is 2. The number of aromatic nitrogens is 4. The maximum atomic E-state index is 12.0. The van der Waals surface area contributed by atoms with Gasteiger partial charge < -0.3 is 20.5 Å². The van der Waals surface area contributed by atoms with Gasteiger partial charge in [-0.3, -0.25) is 4.79 Å². The van der Waals surface area contributed by atoms with Crippen molar-refractivity contribution in [3.63, 3.8) is 0 Å². The van der Waals surface area contributed by atoms with Gasteiger partial charge in [0.15, 0.2) is 0 Å². The van der Waals surface area contributed by atoms with Gasteiger partial charge in [0.2, 0.25) is 11.9 Å². The van der Waals surface area contributed by atoms with E-state index in [0.29, 0.717) is 12.5 Å². The molecule has 0 aromatic carbocycles. The predicted octanol–water partition coefficient (Wildman–Crippen LogP) is -1.58. The Balaban J connectivity index is 1.59. The van der Waals surface area contributed by atoms with Crippen LogP contribution in [0.25, 0.3) is 0 Å². The summed E-state index contributed by atoms with van der Waals surface area (Å²) in [5.41, 5.74) is 5.53. The number of anilines is 1. The molecule has 2 heterocycles. The van der Waals surface area contributed by atoms with E-state index in [4.69, 9.17) is 15.2 Å². The zero-order valence-electron chi connectivity index (χ0n) is 11.2. The first-order chi connectivity index (χ1) is 9.70. The molecule has 0 radical (unpaired) electrons. The molecule has 1 aromatic rings. The molecular formula is C11H18N6O3. The minimum Gasteiger partial charge on any atom is -0.384 e. The van der Waals surface area contributed by atoms with Crippen molar-refractivity contribution in [3.8, 4) is 0 Å². The molecule has 9 nitrogen and oxygen atoms in total. The number of nitrogens with two attached hydrogens (primary N) is 1. The van der Waals surface area contributed by atoms with Crippen molar-refractivity contribution in [1.29, 1.82) is 0 Å². The van der Waals surface area contributed by atoms with Crippen LogP contribution in [0, 0.1) is 11.8 Å². The number of methoxy groups -OCH3 is 1. The number of nitrogens with one attached hydrogen (secondary N) is 1. The Morgan fingerprint density at radius 2 is 2.50 bits per heavy atom. The molecule has 0 unspecified atom stereocenters. The molecular weight excluding hydrogens is 264 g/mol. The van der Waals surface area contributed by atoms with Crippen LogP contribution in [0.5, 0.6) is 0 Å². The van der Waals surface area contributed by atoms with Gasteiger partial charge in [0.1, 0.15) is 6.54 Å². The van der Waals surface area contributed by atoms with E-state index >= 15 is 0 Å². The van der Waals surface area contributed by atoms with Crippen molar-refractivity contribution < 1.29 is 14.3 Å². The van der Waals surface area contributed by atoms with Crippen molar-refractivity contribution in [2.24, 2.45) is 11.8 Å². The zero-order chi connectivity index (χ0) is 14.1. The first-order valence-electron chi connectivity index (χ1n) is 6.62. The molecule has 110 valence electrons. The molecule has 1 saturated heterocycles. The lowest BCUT2D eigenvalue weighted by Crippen LogP contribution is -2.63. The van der Waals surface area contributed by atoms with Crippen LogP contribution in [-0.2, 0) is 20.8 Å². The minimum atomic E-state index is -0.152. The van der Waals surface area contributed by atoms with E-state index in [9.17, 15) is 4.79 Å². The number of carbonyl (C=O) groups is 1. The Hall–Kier alpha value is -1.74. The fourth-order valence-corrected chi connectivity index (χ4v) is 3.13. The second-order valence-corrected chi connectivity index (χ2v) is 5.20. The molecule has 9 heteroatoms. The van der Waals surface area contributed by atoms with Gasteiger partial charge in [-0.1, -0.05) is 5.10 Å². The Bertz CT molecular complexity index is 492. The van der Waals surface area contributed by atoms with E-state index in [1.54, 1.807) is 7.11 Å². The number of fused-ring (bicyclic) bond motifs is 1. The molecule has 1 amide bonds. The molecule has 1 aromatic heterocycles. The molecule has 1 aliphatic heterocycles. The fraction of sp³-hybridized carbons (Fsp3) is 0.818. The molecule has 0 bridgehead atoms. The summed E-state index contributed by atoms with van der Waals surface area (Å²) in [6.45, 7) is 1.36. The highest BCUT2D eigenvalue weighted by Gasteiger charge is 2.54. The normalized spacial score (nSPS) is 31.6. The Morgan fingerprint density at radius 3 is 3.20 bits per heavy atom. The number of nitrogens with zero attached hydrogens (tertiary/aromatic N) is 4. The summed E-state index contributed by atoms with van der Waals surface area (Å²) in [5.74, 6) is 0.567. The number of nitrogen functional groups attached to an aromatic ring is 1. The van der Waals surface area contributed by atoms with Crippen molar-refractivity contribution in [2.75, 3.05) is 26.1 Å². The molecule has 4 atom stereocenters. The summed E-state index contributed by atoms with van der Waals surface area (Å²) < 4.78 is 12.1. The summed E-state index contributed by atoms with van der Waals surface area (Å²) in [7, 11) is 1.66. The molecule has 20 heavy (non-hydrogen) atoms. The highest BCUT2D eigenvalue weighted by Crippen LogP contribution is 2.43. The monoisotopic (exact) mass is 282 g/mol. The summed E-state index contributed by atoms with van der Waals surface area (Å²) in [5, 5.41) is 13.6. The van der Waals surface area contributed by atoms with E-state index in [1.165, 1.54) is 4.68 Å².